The van der Waals surface area contributed by atoms with Crippen molar-refractivity contribution >= 4 is 29.2 Å². The third-order valence-corrected chi connectivity index (χ3v) is 3.62. The van der Waals surface area contributed by atoms with Crippen molar-refractivity contribution in [1.29, 1.82) is 0 Å². The molecule has 3 rings (SSSR count). The Morgan fingerprint density at radius 1 is 1.53 bits per heavy atom. The number of urea groups is 1. The van der Waals surface area contributed by atoms with Crippen molar-refractivity contribution in [3.8, 4) is 0 Å². The van der Waals surface area contributed by atoms with Crippen molar-refractivity contribution in [3.05, 3.63) is 18.0 Å². The molecule has 0 aliphatic carbocycles. The summed E-state index contributed by atoms with van der Waals surface area (Å²) in [6, 6.07) is 1.89. The zero-order valence-corrected chi connectivity index (χ0v) is 11.1. The Kier molecular flexibility index (Phi) is 2.94. The maximum Gasteiger partial charge on any atom is 0.317 e. The van der Waals surface area contributed by atoms with Gasteiger partial charge in [0.05, 0.1) is 6.04 Å². The number of nitrogens with one attached hydrogen (secondary N) is 1. The summed E-state index contributed by atoms with van der Waals surface area (Å²) < 4.78 is 0. The number of fused-ring (bicyclic) bond motifs is 1. The van der Waals surface area contributed by atoms with Gasteiger partial charge >= 0.3 is 6.03 Å². The molecule has 2 fully saturated rings. The van der Waals surface area contributed by atoms with Crippen LogP contribution in [-0.2, 0) is 0 Å². The Hall–Kier alpha value is -1.96. The molecule has 0 saturated carbocycles. The molecule has 0 aromatic carbocycles. The lowest BCUT2D eigenvalue weighted by Crippen LogP contribution is -2.52. The first kappa shape index (κ1) is 12.1. The Morgan fingerprint density at radius 2 is 2.37 bits per heavy atom. The lowest BCUT2D eigenvalue weighted by molar-refractivity contribution is 0.197. The van der Waals surface area contributed by atoms with Gasteiger partial charge in [0.25, 0.3) is 0 Å². The highest BCUT2D eigenvalue weighted by atomic mass is 32.1. The summed E-state index contributed by atoms with van der Waals surface area (Å²) in [6.07, 6.45) is 1.65. The highest BCUT2D eigenvalue weighted by molar-refractivity contribution is 7.80. The molecule has 1 aromatic heterocycles. The van der Waals surface area contributed by atoms with E-state index in [2.05, 4.69) is 20.2 Å². The molecule has 0 spiro atoms. The standard InChI is InChI=1S/C11H14N6OS/c12-9(19)8-1-2-13-10(15-8)16-3-4-17-7(6-16)5-14-11(17)18/h1-2,7H,3-6H2,(H2,12,19)(H,14,18). The number of carbonyl (C=O) groups is 1. The van der Waals surface area contributed by atoms with Crippen LogP contribution in [0.1, 0.15) is 5.69 Å². The number of piperazine rings is 1. The number of anilines is 1. The Balaban J connectivity index is 1.78. The van der Waals surface area contributed by atoms with E-state index in [4.69, 9.17) is 18.0 Å². The molecular formula is C11H14N6OS. The predicted octanol–water partition coefficient (Wildman–Crippen LogP) is -0.675. The Bertz CT molecular complexity index is 536. The van der Waals surface area contributed by atoms with Gasteiger partial charge in [-0.05, 0) is 6.07 Å². The number of hydrogen-bond acceptors (Lipinski definition) is 5. The Labute approximate surface area is 115 Å². The molecule has 19 heavy (non-hydrogen) atoms. The second kappa shape index (κ2) is 4.61. The highest BCUT2D eigenvalue weighted by Crippen LogP contribution is 2.18. The van der Waals surface area contributed by atoms with Gasteiger partial charge in [-0.1, -0.05) is 12.2 Å². The number of thiocarbonyl (C=S) groups is 1. The van der Waals surface area contributed by atoms with Crippen molar-refractivity contribution < 1.29 is 4.79 Å². The smallest absolute Gasteiger partial charge is 0.317 e. The maximum atomic E-state index is 11.5. The van der Waals surface area contributed by atoms with Gasteiger partial charge in [0.2, 0.25) is 5.95 Å². The normalized spacial score (nSPS) is 22.1. The van der Waals surface area contributed by atoms with Crippen LogP contribution < -0.4 is 16.0 Å². The van der Waals surface area contributed by atoms with Crippen LogP contribution in [0, 0.1) is 0 Å². The van der Waals surface area contributed by atoms with Gasteiger partial charge in [-0.3, -0.25) is 0 Å². The molecule has 100 valence electrons. The molecule has 2 aliphatic rings. The fourth-order valence-electron chi connectivity index (χ4n) is 2.42. The summed E-state index contributed by atoms with van der Waals surface area (Å²) in [5.41, 5.74) is 6.15. The first-order valence-electron chi connectivity index (χ1n) is 6.07. The highest BCUT2D eigenvalue weighted by Gasteiger charge is 2.36. The first-order valence-corrected chi connectivity index (χ1v) is 6.48. The van der Waals surface area contributed by atoms with E-state index in [1.807, 2.05) is 4.90 Å². The number of nitrogens with two attached hydrogens (primary N) is 1. The van der Waals surface area contributed by atoms with Crippen molar-refractivity contribution in [1.82, 2.24) is 20.2 Å². The summed E-state index contributed by atoms with van der Waals surface area (Å²) in [5, 5.41) is 2.84. The molecule has 3 N–H and O–H groups in total. The van der Waals surface area contributed by atoms with Gasteiger partial charge in [0.15, 0.2) is 0 Å². The fourth-order valence-corrected chi connectivity index (χ4v) is 2.54. The molecule has 8 heteroatoms. The summed E-state index contributed by atoms with van der Waals surface area (Å²) >= 11 is 4.92. The number of amides is 2. The number of nitrogens with zero attached hydrogens (tertiary/aromatic N) is 4. The molecule has 0 bridgehead atoms. The van der Waals surface area contributed by atoms with E-state index in [1.165, 1.54) is 0 Å². The minimum absolute atomic E-state index is 0.0162. The SMILES string of the molecule is NC(=S)c1ccnc(N2CCN3C(=O)NCC3C2)n1. The Morgan fingerprint density at radius 3 is 3.16 bits per heavy atom. The third kappa shape index (κ3) is 2.19. The van der Waals surface area contributed by atoms with Crippen LogP contribution in [0.15, 0.2) is 12.3 Å². The van der Waals surface area contributed by atoms with Crippen molar-refractivity contribution in [2.24, 2.45) is 5.73 Å². The average Bonchev–Trinajstić information content (AvgIpc) is 2.80. The van der Waals surface area contributed by atoms with Gasteiger partial charge in [0, 0.05) is 32.4 Å². The van der Waals surface area contributed by atoms with E-state index in [0.717, 1.165) is 6.54 Å². The minimum atomic E-state index is 0.0162. The lowest BCUT2D eigenvalue weighted by atomic mass is 10.2. The van der Waals surface area contributed by atoms with Crippen molar-refractivity contribution in [3.63, 3.8) is 0 Å². The van der Waals surface area contributed by atoms with Crippen LogP contribution in [0.4, 0.5) is 10.7 Å². The maximum absolute atomic E-state index is 11.5. The topological polar surface area (TPSA) is 87.4 Å². The number of rotatable bonds is 2. The molecule has 7 nitrogen and oxygen atoms in total. The molecule has 1 aromatic rings. The van der Waals surface area contributed by atoms with Gasteiger partial charge in [-0.25, -0.2) is 14.8 Å². The van der Waals surface area contributed by atoms with E-state index in [1.54, 1.807) is 12.3 Å². The van der Waals surface area contributed by atoms with Crippen LogP contribution >= 0.6 is 12.2 Å². The molecule has 2 amide bonds. The zero-order chi connectivity index (χ0) is 13.4. The fraction of sp³-hybridized carbons (Fsp3) is 0.455. The van der Waals surface area contributed by atoms with Gasteiger partial charge in [-0.2, -0.15) is 0 Å². The second-order valence-electron chi connectivity index (χ2n) is 4.59. The van der Waals surface area contributed by atoms with Gasteiger partial charge in [-0.15, -0.1) is 0 Å². The van der Waals surface area contributed by atoms with Crippen LogP contribution in [-0.4, -0.2) is 58.1 Å². The van der Waals surface area contributed by atoms with E-state index in [-0.39, 0.29) is 17.1 Å². The molecule has 2 saturated heterocycles. The number of hydrogen-bond donors (Lipinski definition) is 2. The number of aromatic nitrogens is 2. The molecule has 1 atom stereocenters. The lowest BCUT2D eigenvalue weighted by Gasteiger charge is -2.36. The van der Waals surface area contributed by atoms with Crippen LogP contribution in [0.25, 0.3) is 0 Å². The summed E-state index contributed by atoms with van der Waals surface area (Å²) in [7, 11) is 0. The largest absolute Gasteiger partial charge is 0.388 e. The summed E-state index contributed by atoms with van der Waals surface area (Å²) in [6.45, 7) is 2.78. The van der Waals surface area contributed by atoms with Crippen molar-refractivity contribution in [2.75, 3.05) is 31.1 Å². The molecule has 0 radical (unpaired) electrons. The van der Waals surface area contributed by atoms with E-state index < -0.39 is 0 Å². The minimum Gasteiger partial charge on any atom is -0.388 e. The van der Waals surface area contributed by atoms with Crippen molar-refractivity contribution in [2.45, 2.75) is 6.04 Å². The molecule has 2 aliphatic heterocycles. The average molecular weight is 278 g/mol. The second-order valence-corrected chi connectivity index (χ2v) is 5.03. The monoisotopic (exact) mass is 278 g/mol. The van der Waals surface area contributed by atoms with E-state index in [9.17, 15) is 4.79 Å². The van der Waals surface area contributed by atoms with Gasteiger partial charge < -0.3 is 20.9 Å². The van der Waals surface area contributed by atoms with Crippen LogP contribution in [0.3, 0.4) is 0 Å². The number of carbonyl (C=O) groups excluding carboxylic acids is 1. The molecular weight excluding hydrogens is 264 g/mol. The van der Waals surface area contributed by atoms with Crippen LogP contribution in [0.2, 0.25) is 0 Å². The van der Waals surface area contributed by atoms with E-state index in [0.29, 0.717) is 31.3 Å². The summed E-state index contributed by atoms with van der Waals surface area (Å²) in [4.78, 5) is 24.3. The first-order chi connectivity index (χ1) is 9.15. The third-order valence-electron chi connectivity index (χ3n) is 3.41. The molecule has 1 unspecified atom stereocenters. The quantitative estimate of drug-likeness (QED) is 0.697. The van der Waals surface area contributed by atoms with E-state index >= 15 is 0 Å². The molecule has 3 heterocycles. The zero-order valence-electron chi connectivity index (χ0n) is 10.2. The summed E-state index contributed by atoms with van der Waals surface area (Å²) in [5.74, 6) is 0.615. The van der Waals surface area contributed by atoms with Gasteiger partial charge in [0.1, 0.15) is 10.7 Å². The predicted molar refractivity (Wildman–Crippen MR) is 74.0 cm³/mol. The van der Waals surface area contributed by atoms with Crippen LogP contribution in [0.5, 0.6) is 0 Å².